The zero-order chi connectivity index (χ0) is 39.5. The summed E-state index contributed by atoms with van der Waals surface area (Å²) in [6.07, 6.45) is -3.51. The normalized spacial score (nSPS) is 20.6. The minimum atomic E-state index is -2.44. The number of aryl methyl sites for hydroxylation is 1. The molecular formula is C46H47ClN2O8. The first-order chi connectivity index (χ1) is 27.9. The summed E-state index contributed by atoms with van der Waals surface area (Å²) in [6, 6.07) is 44.7. The van der Waals surface area contributed by atoms with E-state index in [1.54, 1.807) is 13.2 Å². The van der Waals surface area contributed by atoms with Crippen LogP contribution in [-0.4, -0.2) is 59.4 Å². The number of nitrogens with one attached hydrogen (secondary N) is 1. The number of methoxy groups -OCH3 is 1. The van der Waals surface area contributed by atoms with Crippen molar-refractivity contribution >= 4 is 11.6 Å². The molecule has 0 aliphatic carbocycles. The molecule has 0 unspecified atom stereocenters. The topological polar surface area (TPSA) is 114 Å². The average molecular weight is 791 g/mol. The van der Waals surface area contributed by atoms with E-state index in [0.29, 0.717) is 29.4 Å². The van der Waals surface area contributed by atoms with Gasteiger partial charge >= 0.3 is 5.97 Å². The standard InChI is InChI=1S/C46H47ClN2O8/c1-32-39(25-37-23-24-38(51-2)26-40(37)47)45(49-48-32)57-46(50)44(55-30-36-21-13-6-14-22-36)43(54-29-35-19-11-5-12-20-35)42(53-28-34-17-9-4-10-18-34)41(56-46)31-52-27-33-15-7-3-8-16-33/h3-24,26,41-44,50H,25,27-31H2,1-2H3,(H,48,49)/t41-,42-,43+,44-,46+/m1/s1. The van der Waals surface area contributed by atoms with Gasteiger partial charge in [0.25, 0.3) is 0 Å². The van der Waals surface area contributed by atoms with Gasteiger partial charge in [-0.1, -0.05) is 139 Å². The lowest BCUT2D eigenvalue weighted by Gasteiger charge is -2.49. The van der Waals surface area contributed by atoms with E-state index < -0.39 is 30.4 Å². The van der Waals surface area contributed by atoms with Gasteiger partial charge in [-0.05, 0) is 46.9 Å². The SMILES string of the molecule is COc1ccc(Cc2c(O[C@@]3(O)O[C@H](COCc4ccccc4)[C@@H](OCc4ccccc4)[C@H](OCc4ccccc4)[C@H]3OCc3ccccc3)n[nH]c2C)c(Cl)c1. The van der Waals surface area contributed by atoms with Gasteiger partial charge in [0.15, 0.2) is 6.10 Å². The maximum Gasteiger partial charge on any atom is 0.356 e. The number of hydrogen-bond acceptors (Lipinski definition) is 9. The van der Waals surface area contributed by atoms with E-state index in [9.17, 15) is 5.11 Å². The molecule has 6 aromatic rings. The van der Waals surface area contributed by atoms with Crippen molar-refractivity contribution in [2.75, 3.05) is 13.7 Å². The molecular weight excluding hydrogens is 744 g/mol. The van der Waals surface area contributed by atoms with Crippen LogP contribution in [0.15, 0.2) is 140 Å². The third-order valence-corrected chi connectivity index (χ3v) is 10.2. The summed E-state index contributed by atoms with van der Waals surface area (Å²) in [5.74, 6) is -1.69. The molecule has 1 aliphatic rings. The number of ether oxygens (including phenoxy) is 7. The molecule has 0 bridgehead atoms. The average Bonchev–Trinajstić information content (AvgIpc) is 3.58. The van der Waals surface area contributed by atoms with Crippen molar-refractivity contribution in [2.24, 2.45) is 0 Å². The molecule has 7 rings (SSSR count). The molecule has 57 heavy (non-hydrogen) atoms. The van der Waals surface area contributed by atoms with Crippen molar-refractivity contribution in [1.82, 2.24) is 10.2 Å². The van der Waals surface area contributed by atoms with E-state index in [2.05, 4.69) is 10.2 Å². The second kappa shape index (κ2) is 19.4. The number of nitrogens with zero attached hydrogens (tertiary/aromatic N) is 1. The largest absolute Gasteiger partial charge is 0.497 e. The molecule has 5 aromatic carbocycles. The van der Waals surface area contributed by atoms with Crippen LogP contribution < -0.4 is 9.47 Å². The van der Waals surface area contributed by atoms with Crippen LogP contribution in [0, 0.1) is 6.92 Å². The van der Waals surface area contributed by atoms with Crippen molar-refractivity contribution in [3.05, 3.63) is 184 Å². The summed E-state index contributed by atoms with van der Waals surface area (Å²) in [5, 5.41) is 20.9. The number of benzene rings is 5. The lowest BCUT2D eigenvalue weighted by atomic mass is 9.96. The maximum atomic E-state index is 12.9. The Balaban J connectivity index is 1.26. The molecule has 2 heterocycles. The van der Waals surface area contributed by atoms with Crippen LogP contribution in [-0.2, 0) is 56.5 Å². The zero-order valence-corrected chi connectivity index (χ0v) is 32.7. The highest BCUT2D eigenvalue weighted by molar-refractivity contribution is 6.31. The molecule has 0 spiro atoms. The Kier molecular flexibility index (Phi) is 13.7. The van der Waals surface area contributed by atoms with Crippen LogP contribution >= 0.6 is 11.6 Å². The Morgan fingerprint density at radius 2 is 1.23 bits per heavy atom. The highest BCUT2D eigenvalue weighted by atomic mass is 35.5. The maximum absolute atomic E-state index is 12.9. The molecule has 10 nitrogen and oxygen atoms in total. The molecule has 1 saturated heterocycles. The lowest BCUT2D eigenvalue weighted by molar-refractivity contribution is -0.436. The summed E-state index contributed by atoms with van der Waals surface area (Å²) in [4.78, 5) is 0. The summed E-state index contributed by atoms with van der Waals surface area (Å²) in [7, 11) is 1.59. The molecule has 1 aromatic heterocycles. The summed E-state index contributed by atoms with van der Waals surface area (Å²) in [5.41, 5.74) is 5.94. The predicted octanol–water partition coefficient (Wildman–Crippen LogP) is 8.37. The number of hydrogen-bond donors (Lipinski definition) is 2. The van der Waals surface area contributed by atoms with Crippen LogP contribution in [0.5, 0.6) is 11.6 Å². The van der Waals surface area contributed by atoms with Gasteiger partial charge < -0.3 is 38.3 Å². The second-order valence-electron chi connectivity index (χ2n) is 13.9. The van der Waals surface area contributed by atoms with Crippen molar-refractivity contribution < 1.29 is 38.3 Å². The van der Waals surface area contributed by atoms with Gasteiger partial charge in [0, 0.05) is 22.7 Å². The molecule has 0 saturated carbocycles. The van der Waals surface area contributed by atoms with Crippen LogP contribution in [0.1, 0.15) is 39.1 Å². The molecule has 296 valence electrons. The third-order valence-electron chi connectivity index (χ3n) is 9.81. The molecule has 1 fully saturated rings. The van der Waals surface area contributed by atoms with E-state index >= 15 is 0 Å². The lowest BCUT2D eigenvalue weighted by Crippen LogP contribution is -2.69. The zero-order valence-electron chi connectivity index (χ0n) is 32.0. The monoisotopic (exact) mass is 790 g/mol. The van der Waals surface area contributed by atoms with Crippen molar-refractivity contribution in [3.8, 4) is 11.6 Å². The number of rotatable bonds is 18. The van der Waals surface area contributed by atoms with Gasteiger partial charge in [0.1, 0.15) is 24.1 Å². The molecule has 1 aliphatic heterocycles. The molecule has 2 N–H and O–H groups in total. The number of aliphatic hydroxyl groups is 1. The van der Waals surface area contributed by atoms with E-state index in [-0.39, 0.29) is 32.3 Å². The van der Waals surface area contributed by atoms with Crippen LogP contribution in [0.3, 0.4) is 0 Å². The first kappa shape index (κ1) is 40.2. The number of aromatic amines is 1. The fourth-order valence-corrected chi connectivity index (χ4v) is 6.99. The van der Waals surface area contributed by atoms with Crippen LogP contribution in [0.4, 0.5) is 0 Å². The Labute approximate surface area is 338 Å². The number of H-pyrrole nitrogens is 1. The third kappa shape index (κ3) is 10.5. The summed E-state index contributed by atoms with van der Waals surface area (Å²) in [6.45, 7) is 2.76. The van der Waals surface area contributed by atoms with Gasteiger partial charge in [-0.15, -0.1) is 5.10 Å². The summed E-state index contributed by atoms with van der Waals surface area (Å²) >= 11 is 6.69. The van der Waals surface area contributed by atoms with Crippen LogP contribution in [0.25, 0.3) is 0 Å². The van der Waals surface area contributed by atoms with Gasteiger partial charge in [-0.3, -0.25) is 5.10 Å². The van der Waals surface area contributed by atoms with Crippen molar-refractivity contribution in [1.29, 1.82) is 0 Å². The minimum Gasteiger partial charge on any atom is -0.497 e. The highest BCUT2D eigenvalue weighted by Gasteiger charge is 2.59. The Bertz CT molecular complexity index is 2120. The first-order valence-electron chi connectivity index (χ1n) is 18.9. The Morgan fingerprint density at radius 1 is 0.702 bits per heavy atom. The molecule has 5 atom stereocenters. The van der Waals surface area contributed by atoms with E-state index in [1.165, 1.54) is 0 Å². The van der Waals surface area contributed by atoms with Crippen molar-refractivity contribution in [2.45, 2.75) is 70.2 Å². The first-order valence-corrected chi connectivity index (χ1v) is 19.3. The van der Waals surface area contributed by atoms with Crippen LogP contribution in [0.2, 0.25) is 5.02 Å². The fraction of sp³-hybridized carbons (Fsp3) is 0.283. The van der Waals surface area contributed by atoms with E-state index in [0.717, 1.165) is 33.5 Å². The van der Waals surface area contributed by atoms with Gasteiger partial charge in [-0.25, -0.2) is 0 Å². The van der Waals surface area contributed by atoms with Gasteiger partial charge in [-0.2, -0.15) is 0 Å². The predicted molar refractivity (Wildman–Crippen MR) is 216 cm³/mol. The Morgan fingerprint density at radius 3 is 1.77 bits per heavy atom. The van der Waals surface area contributed by atoms with E-state index in [4.69, 9.17) is 44.8 Å². The smallest absolute Gasteiger partial charge is 0.356 e. The summed E-state index contributed by atoms with van der Waals surface area (Å²) < 4.78 is 45.0. The quantitative estimate of drug-likeness (QED) is 0.0830. The van der Waals surface area contributed by atoms with Crippen molar-refractivity contribution in [3.63, 3.8) is 0 Å². The highest BCUT2D eigenvalue weighted by Crippen LogP contribution is 2.39. The second-order valence-corrected chi connectivity index (χ2v) is 14.3. The molecule has 0 radical (unpaired) electrons. The number of halogens is 1. The van der Waals surface area contributed by atoms with Gasteiger partial charge in [0.05, 0.1) is 40.1 Å². The molecule has 0 amide bonds. The minimum absolute atomic E-state index is 0.0323. The number of aromatic nitrogens is 2. The van der Waals surface area contributed by atoms with Gasteiger partial charge in [0.2, 0.25) is 5.88 Å². The fourth-order valence-electron chi connectivity index (χ4n) is 6.75. The Hall–Kier alpha value is -5.04. The van der Waals surface area contributed by atoms with E-state index in [1.807, 2.05) is 140 Å². The molecule has 11 heteroatoms.